The van der Waals surface area contributed by atoms with Crippen LogP contribution in [0.15, 0.2) is 18.2 Å². The number of hydrogen-bond donors (Lipinski definition) is 1. The number of nitrogens with two attached hydrogens (primary N) is 1. The summed E-state index contributed by atoms with van der Waals surface area (Å²) >= 11 is 0. The van der Waals surface area contributed by atoms with Crippen molar-refractivity contribution in [2.75, 3.05) is 13.7 Å². The molecule has 0 saturated heterocycles. The van der Waals surface area contributed by atoms with E-state index in [0.29, 0.717) is 6.61 Å². The molecule has 0 amide bonds. The minimum atomic E-state index is -0.128. The summed E-state index contributed by atoms with van der Waals surface area (Å²) < 4.78 is 11.2. The largest absolute Gasteiger partial charge is 0.493 e. The Kier molecular flexibility index (Phi) is 4.48. The van der Waals surface area contributed by atoms with Crippen molar-refractivity contribution < 1.29 is 9.47 Å². The van der Waals surface area contributed by atoms with Gasteiger partial charge in [0.2, 0.25) is 0 Å². The lowest BCUT2D eigenvalue weighted by Crippen LogP contribution is -2.25. The third-order valence-electron chi connectivity index (χ3n) is 4.00. The zero-order valence-corrected chi connectivity index (χ0v) is 12.2. The van der Waals surface area contributed by atoms with E-state index < -0.39 is 0 Å². The first-order valence-corrected chi connectivity index (χ1v) is 7.08. The average Bonchev–Trinajstić information content (AvgIpc) is 2.39. The second kappa shape index (κ2) is 5.93. The third-order valence-corrected chi connectivity index (χ3v) is 4.00. The van der Waals surface area contributed by atoms with Crippen LogP contribution in [0, 0.1) is 0 Å². The molecule has 2 N–H and O–H groups in total. The van der Waals surface area contributed by atoms with Gasteiger partial charge in [0.25, 0.3) is 0 Å². The Bertz CT molecular complexity index is 429. The van der Waals surface area contributed by atoms with Crippen molar-refractivity contribution in [1.82, 2.24) is 0 Å². The van der Waals surface area contributed by atoms with Gasteiger partial charge in [0.05, 0.1) is 12.2 Å². The molecule has 0 aliphatic heterocycles. The minimum Gasteiger partial charge on any atom is -0.493 e. The van der Waals surface area contributed by atoms with Crippen molar-refractivity contribution in [2.24, 2.45) is 5.73 Å². The molecule has 1 aromatic carbocycles. The van der Waals surface area contributed by atoms with E-state index in [-0.39, 0.29) is 11.6 Å². The molecular weight excluding hydrogens is 238 g/mol. The maximum Gasteiger partial charge on any atom is 0.119 e. The summed E-state index contributed by atoms with van der Waals surface area (Å²) in [4.78, 5) is 0. The van der Waals surface area contributed by atoms with Gasteiger partial charge in [0.15, 0.2) is 0 Å². The van der Waals surface area contributed by atoms with E-state index in [0.717, 1.165) is 25.0 Å². The summed E-state index contributed by atoms with van der Waals surface area (Å²) in [6.45, 7) is 4.82. The highest BCUT2D eigenvalue weighted by Gasteiger charge is 2.18. The van der Waals surface area contributed by atoms with Crippen LogP contribution < -0.4 is 10.5 Å². The van der Waals surface area contributed by atoms with Crippen molar-refractivity contribution in [3.05, 3.63) is 29.3 Å². The van der Waals surface area contributed by atoms with Crippen LogP contribution in [0.1, 0.15) is 50.3 Å². The first-order valence-electron chi connectivity index (χ1n) is 7.08. The van der Waals surface area contributed by atoms with Crippen LogP contribution in [0.3, 0.4) is 0 Å². The maximum atomic E-state index is 6.11. The lowest BCUT2D eigenvalue weighted by Gasteiger charge is -2.24. The molecule has 0 radical (unpaired) electrons. The molecule has 0 saturated carbocycles. The van der Waals surface area contributed by atoms with Gasteiger partial charge < -0.3 is 15.2 Å². The summed E-state index contributed by atoms with van der Waals surface area (Å²) in [5, 5.41) is 0. The summed E-state index contributed by atoms with van der Waals surface area (Å²) in [5.74, 6) is 0.944. The lowest BCUT2D eigenvalue weighted by atomic mass is 9.88. The van der Waals surface area contributed by atoms with Crippen molar-refractivity contribution >= 4 is 0 Å². The fourth-order valence-electron chi connectivity index (χ4n) is 2.43. The topological polar surface area (TPSA) is 44.5 Å². The third kappa shape index (κ3) is 3.71. The maximum absolute atomic E-state index is 6.11. The Balaban J connectivity index is 1.95. The van der Waals surface area contributed by atoms with Crippen molar-refractivity contribution in [3.63, 3.8) is 0 Å². The molecule has 106 valence electrons. The lowest BCUT2D eigenvalue weighted by molar-refractivity contribution is 0.00545. The van der Waals surface area contributed by atoms with Gasteiger partial charge >= 0.3 is 0 Å². The first-order chi connectivity index (χ1) is 9.02. The average molecular weight is 263 g/mol. The van der Waals surface area contributed by atoms with Gasteiger partial charge in [0.1, 0.15) is 5.75 Å². The number of benzene rings is 1. The van der Waals surface area contributed by atoms with Crippen LogP contribution >= 0.6 is 0 Å². The quantitative estimate of drug-likeness (QED) is 0.887. The standard InChI is InChI=1S/C16H25NO2/c1-16(2,18-3)9-10-19-13-7-8-14-12(11-13)5-4-6-15(14)17/h7-8,11,15H,4-6,9-10,17H2,1-3H3. The Morgan fingerprint density at radius 1 is 1.37 bits per heavy atom. The van der Waals surface area contributed by atoms with Crippen LogP contribution in [-0.4, -0.2) is 19.3 Å². The molecule has 1 aliphatic carbocycles. The molecule has 1 aliphatic rings. The number of hydrogen-bond acceptors (Lipinski definition) is 3. The minimum absolute atomic E-state index is 0.128. The molecule has 0 fully saturated rings. The fourth-order valence-corrected chi connectivity index (χ4v) is 2.43. The highest BCUT2D eigenvalue weighted by molar-refractivity contribution is 5.38. The molecule has 19 heavy (non-hydrogen) atoms. The van der Waals surface area contributed by atoms with E-state index in [9.17, 15) is 0 Å². The molecular formula is C16H25NO2. The molecule has 3 heteroatoms. The summed E-state index contributed by atoms with van der Waals surface area (Å²) in [5.41, 5.74) is 8.62. The van der Waals surface area contributed by atoms with Gasteiger partial charge in [-0.3, -0.25) is 0 Å². The van der Waals surface area contributed by atoms with E-state index in [1.807, 2.05) is 6.07 Å². The van der Waals surface area contributed by atoms with E-state index in [1.165, 1.54) is 17.5 Å². The second-order valence-corrected chi connectivity index (χ2v) is 5.92. The van der Waals surface area contributed by atoms with E-state index >= 15 is 0 Å². The van der Waals surface area contributed by atoms with Crippen LogP contribution in [0.4, 0.5) is 0 Å². The highest BCUT2D eigenvalue weighted by Crippen LogP contribution is 2.30. The van der Waals surface area contributed by atoms with Crippen LogP contribution in [-0.2, 0) is 11.2 Å². The summed E-state index contributed by atoms with van der Waals surface area (Å²) in [7, 11) is 1.74. The predicted octanol–water partition coefficient (Wildman–Crippen LogP) is 3.22. The SMILES string of the molecule is COC(C)(C)CCOc1ccc2c(c1)CCCC2N. The molecule has 0 bridgehead atoms. The normalized spacial score (nSPS) is 19.1. The Morgan fingerprint density at radius 3 is 2.89 bits per heavy atom. The van der Waals surface area contributed by atoms with Crippen molar-refractivity contribution in [3.8, 4) is 5.75 Å². The summed E-state index contributed by atoms with van der Waals surface area (Å²) in [6.07, 6.45) is 4.26. The van der Waals surface area contributed by atoms with Gasteiger partial charge in [-0.2, -0.15) is 0 Å². The van der Waals surface area contributed by atoms with E-state index in [2.05, 4.69) is 26.0 Å². The molecule has 0 heterocycles. The molecule has 0 aromatic heterocycles. The van der Waals surface area contributed by atoms with Gasteiger partial charge in [-0.15, -0.1) is 0 Å². The van der Waals surface area contributed by atoms with Crippen LogP contribution in [0.5, 0.6) is 5.75 Å². The molecule has 3 nitrogen and oxygen atoms in total. The number of rotatable bonds is 5. The second-order valence-electron chi connectivity index (χ2n) is 5.92. The molecule has 1 atom stereocenters. The zero-order chi connectivity index (χ0) is 13.9. The van der Waals surface area contributed by atoms with Crippen LogP contribution in [0.2, 0.25) is 0 Å². The smallest absolute Gasteiger partial charge is 0.119 e. The number of fused-ring (bicyclic) bond motifs is 1. The Labute approximate surface area is 116 Å². The zero-order valence-electron chi connectivity index (χ0n) is 12.2. The van der Waals surface area contributed by atoms with Gasteiger partial charge in [-0.25, -0.2) is 0 Å². The number of methoxy groups -OCH3 is 1. The van der Waals surface area contributed by atoms with Gasteiger partial charge in [0, 0.05) is 19.6 Å². The number of ether oxygens (including phenoxy) is 2. The predicted molar refractivity (Wildman–Crippen MR) is 77.5 cm³/mol. The first kappa shape index (κ1) is 14.4. The molecule has 0 spiro atoms. The molecule has 1 unspecified atom stereocenters. The van der Waals surface area contributed by atoms with Crippen LogP contribution in [0.25, 0.3) is 0 Å². The van der Waals surface area contributed by atoms with Gasteiger partial charge in [-0.05, 0) is 56.4 Å². The fraction of sp³-hybridized carbons (Fsp3) is 0.625. The summed E-state index contributed by atoms with van der Waals surface area (Å²) in [6, 6.07) is 6.50. The molecule has 2 rings (SSSR count). The Morgan fingerprint density at radius 2 is 2.16 bits per heavy atom. The van der Waals surface area contributed by atoms with Gasteiger partial charge in [-0.1, -0.05) is 6.07 Å². The van der Waals surface area contributed by atoms with Crippen molar-refractivity contribution in [1.29, 1.82) is 0 Å². The number of aryl methyl sites for hydroxylation is 1. The molecule has 1 aromatic rings. The van der Waals surface area contributed by atoms with E-state index in [4.69, 9.17) is 15.2 Å². The van der Waals surface area contributed by atoms with Crippen molar-refractivity contribution in [2.45, 2.75) is 51.2 Å². The van der Waals surface area contributed by atoms with E-state index in [1.54, 1.807) is 7.11 Å². The monoisotopic (exact) mass is 263 g/mol. The Hall–Kier alpha value is -1.06. The highest BCUT2D eigenvalue weighted by atomic mass is 16.5.